The van der Waals surface area contributed by atoms with Gasteiger partial charge >= 0.3 is 19.8 Å². The summed E-state index contributed by atoms with van der Waals surface area (Å²) in [5.74, 6) is -1.82. The van der Waals surface area contributed by atoms with Gasteiger partial charge in [-0.3, -0.25) is 18.6 Å². The van der Waals surface area contributed by atoms with Gasteiger partial charge < -0.3 is 25.2 Å². The van der Waals surface area contributed by atoms with Gasteiger partial charge in [0.05, 0.1) is 19.8 Å². The van der Waals surface area contributed by atoms with E-state index in [-0.39, 0.29) is 13.0 Å². The fourth-order valence-corrected chi connectivity index (χ4v) is 6.34. The number of hydrogen-bond acceptors (Lipinski definition) is 8. The van der Waals surface area contributed by atoms with Gasteiger partial charge in [0.25, 0.3) is 0 Å². The molecule has 0 aliphatic carbocycles. The van der Waals surface area contributed by atoms with Crippen LogP contribution in [-0.2, 0) is 32.7 Å². The number of carboxylic acids is 1. The van der Waals surface area contributed by atoms with Crippen molar-refractivity contribution in [1.82, 2.24) is 0 Å². The predicted octanol–water partition coefficient (Wildman–Crippen LogP) is 13.1. The lowest BCUT2D eigenvalue weighted by molar-refractivity contribution is -0.154. The Hall–Kier alpha value is -3.37. The minimum atomic E-state index is -4.64. The van der Waals surface area contributed by atoms with Gasteiger partial charge in [-0.05, 0) is 96.3 Å². The standard InChI is InChI=1S/C50H82NO9P/c1-3-5-7-9-11-13-15-17-19-21-23-24-25-26-28-30-32-34-36-38-40-42-49(52)60-47(45-58-61(55,56)59-46-48(51)50(53)54)44-57-43-41-39-37-35-33-31-29-27-22-20-18-16-14-12-10-8-6-4-2/h5-8,11-14,17-20,23-24,27,29,33,35,47-48H,3-4,9-10,15-16,21-22,25-26,28,30-32,34,36-46,51H2,1-2H3,(H,53,54)(H,55,56)/b7-5-,8-6-,13-11-,14-12-,19-17-,20-18-,24-23-,29-27-,35-33-. The SMILES string of the molecule is CC/C=C\C/C=C\C/C=C\C/C=C\C/C=C\CCCCOCC(COP(=O)(O)OCC(N)C(=O)O)OC(=O)CCCCCCCCCC/C=C\C/C=C\C/C=C\C/C=C\CC. The Morgan fingerprint density at radius 2 is 0.902 bits per heavy atom. The summed E-state index contributed by atoms with van der Waals surface area (Å²) in [7, 11) is -4.64. The maximum Gasteiger partial charge on any atom is 0.472 e. The first-order chi connectivity index (χ1) is 29.7. The number of aliphatic carboxylic acids is 1. The van der Waals surface area contributed by atoms with E-state index in [9.17, 15) is 19.0 Å². The lowest BCUT2D eigenvalue weighted by Crippen LogP contribution is -2.34. The number of phosphoric ester groups is 1. The molecule has 10 nitrogen and oxygen atoms in total. The van der Waals surface area contributed by atoms with Crippen LogP contribution in [0.15, 0.2) is 109 Å². The molecule has 0 saturated heterocycles. The van der Waals surface area contributed by atoms with Crippen molar-refractivity contribution >= 4 is 19.8 Å². The van der Waals surface area contributed by atoms with Crippen LogP contribution in [-0.4, -0.2) is 60.5 Å². The summed E-state index contributed by atoms with van der Waals surface area (Å²) in [5, 5.41) is 8.91. The minimum Gasteiger partial charge on any atom is -0.480 e. The average Bonchev–Trinajstić information content (AvgIpc) is 3.24. The Labute approximate surface area is 370 Å². The molecule has 61 heavy (non-hydrogen) atoms. The topological polar surface area (TPSA) is 155 Å². The average molecular weight is 872 g/mol. The molecule has 0 heterocycles. The zero-order valence-electron chi connectivity index (χ0n) is 37.7. The Balaban J connectivity index is 4.32. The summed E-state index contributed by atoms with van der Waals surface area (Å²) in [6.45, 7) is 3.51. The number of unbranched alkanes of at least 4 members (excludes halogenated alkanes) is 10. The van der Waals surface area contributed by atoms with E-state index in [2.05, 4.69) is 123 Å². The van der Waals surface area contributed by atoms with Crippen LogP contribution in [0.25, 0.3) is 0 Å². The van der Waals surface area contributed by atoms with Crippen LogP contribution in [0.3, 0.4) is 0 Å². The highest BCUT2D eigenvalue weighted by Crippen LogP contribution is 2.43. The molecule has 3 atom stereocenters. The minimum absolute atomic E-state index is 0.0235. The number of nitrogens with two attached hydrogens (primary N) is 1. The first-order valence-electron chi connectivity index (χ1n) is 22.9. The Morgan fingerprint density at radius 3 is 1.34 bits per heavy atom. The number of allylic oxidation sites excluding steroid dienone is 18. The summed E-state index contributed by atoms with van der Waals surface area (Å²) in [5.41, 5.74) is 5.36. The first kappa shape index (κ1) is 57.6. The third-order valence-corrected chi connectivity index (χ3v) is 10.00. The van der Waals surface area contributed by atoms with E-state index < -0.39 is 45.1 Å². The van der Waals surface area contributed by atoms with Gasteiger partial charge in [0.2, 0.25) is 0 Å². The van der Waals surface area contributed by atoms with Gasteiger partial charge in [-0.25, -0.2) is 4.57 Å². The van der Waals surface area contributed by atoms with E-state index in [0.717, 1.165) is 103 Å². The van der Waals surface area contributed by atoms with E-state index >= 15 is 0 Å². The molecule has 3 unspecified atom stereocenters. The van der Waals surface area contributed by atoms with Crippen molar-refractivity contribution < 1.29 is 42.7 Å². The molecule has 0 aromatic carbocycles. The molecule has 0 spiro atoms. The van der Waals surface area contributed by atoms with Gasteiger partial charge in [0.15, 0.2) is 0 Å². The van der Waals surface area contributed by atoms with E-state index in [4.69, 9.17) is 29.4 Å². The third-order valence-electron chi connectivity index (χ3n) is 9.05. The normalized spacial score (nSPS) is 14.8. The Kier molecular flexibility index (Phi) is 42.2. The number of hydrogen-bond donors (Lipinski definition) is 3. The molecule has 0 aliphatic heterocycles. The smallest absolute Gasteiger partial charge is 0.472 e. The van der Waals surface area contributed by atoms with Crippen molar-refractivity contribution in [3.05, 3.63) is 109 Å². The van der Waals surface area contributed by atoms with Crippen molar-refractivity contribution in [2.24, 2.45) is 5.73 Å². The van der Waals surface area contributed by atoms with Crippen LogP contribution >= 0.6 is 7.82 Å². The molecule has 11 heteroatoms. The van der Waals surface area contributed by atoms with Gasteiger partial charge in [-0.2, -0.15) is 0 Å². The van der Waals surface area contributed by atoms with Crippen molar-refractivity contribution in [3.8, 4) is 0 Å². The maximum absolute atomic E-state index is 12.7. The second kappa shape index (κ2) is 44.7. The number of phosphoric acid groups is 1. The quantitative estimate of drug-likeness (QED) is 0.0234. The molecule has 0 amide bonds. The Morgan fingerprint density at radius 1 is 0.525 bits per heavy atom. The van der Waals surface area contributed by atoms with Crippen LogP contribution in [0, 0.1) is 0 Å². The highest BCUT2D eigenvalue weighted by molar-refractivity contribution is 7.47. The lowest BCUT2D eigenvalue weighted by Gasteiger charge is -2.20. The van der Waals surface area contributed by atoms with E-state index in [1.165, 1.54) is 25.7 Å². The lowest BCUT2D eigenvalue weighted by atomic mass is 10.1. The second-order valence-electron chi connectivity index (χ2n) is 14.8. The van der Waals surface area contributed by atoms with Gasteiger partial charge in [-0.1, -0.05) is 162 Å². The molecule has 4 N–H and O–H groups in total. The third kappa shape index (κ3) is 44.5. The molecule has 346 valence electrons. The van der Waals surface area contributed by atoms with Crippen molar-refractivity contribution in [2.75, 3.05) is 26.4 Å². The molecule has 0 aromatic heterocycles. The monoisotopic (exact) mass is 872 g/mol. The number of rotatable bonds is 42. The molecule has 0 radical (unpaired) electrons. The summed E-state index contributed by atoms with van der Waals surface area (Å²) < 4.78 is 33.3. The molecule has 0 aliphatic rings. The molecule has 0 bridgehead atoms. The fourth-order valence-electron chi connectivity index (χ4n) is 5.56. The molecule has 0 fully saturated rings. The highest BCUT2D eigenvalue weighted by atomic mass is 31.2. The van der Waals surface area contributed by atoms with Crippen molar-refractivity contribution in [1.29, 1.82) is 0 Å². The van der Waals surface area contributed by atoms with E-state index in [1.807, 2.05) is 0 Å². The first-order valence-corrected chi connectivity index (χ1v) is 24.4. The largest absolute Gasteiger partial charge is 0.480 e. The number of carbonyl (C=O) groups excluding carboxylic acids is 1. The van der Waals surface area contributed by atoms with Gasteiger partial charge in [0, 0.05) is 13.0 Å². The highest BCUT2D eigenvalue weighted by Gasteiger charge is 2.27. The van der Waals surface area contributed by atoms with E-state index in [1.54, 1.807) is 0 Å². The van der Waals surface area contributed by atoms with Gasteiger partial charge in [-0.15, -0.1) is 0 Å². The molecular formula is C50H82NO9P. The predicted molar refractivity (Wildman–Crippen MR) is 253 cm³/mol. The number of esters is 1. The zero-order chi connectivity index (χ0) is 44.8. The summed E-state index contributed by atoms with van der Waals surface area (Å²) in [4.78, 5) is 33.6. The summed E-state index contributed by atoms with van der Waals surface area (Å²) in [6.07, 6.45) is 60.0. The van der Waals surface area contributed by atoms with E-state index in [0.29, 0.717) is 13.0 Å². The van der Waals surface area contributed by atoms with Gasteiger partial charge in [0.1, 0.15) is 12.1 Å². The van der Waals surface area contributed by atoms with Crippen LogP contribution < -0.4 is 5.73 Å². The molecular weight excluding hydrogens is 790 g/mol. The molecule has 0 aromatic rings. The fraction of sp³-hybridized carbons (Fsp3) is 0.600. The number of carbonyl (C=O) groups is 2. The van der Waals surface area contributed by atoms with Crippen molar-refractivity contribution in [3.63, 3.8) is 0 Å². The van der Waals surface area contributed by atoms with Crippen molar-refractivity contribution in [2.45, 2.75) is 167 Å². The summed E-state index contributed by atoms with van der Waals surface area (Å²) in [6, 6.07) is -1.49. The molecule has 0 rings (SSSR count). The number of ether oxygens (including phenoxy) is 2. The van der Waals surface area contributed by atoms with Crippen LogP contribution in [0.5, 0.6) is 0 Å². The van der Waals surface area contributed by atoms with Crippen LogP contribution in [0.4, 0.5) is 0 Å². The zero-order valence-corrected chi connectivity index (χ0v) is 38.6. The second-order valence-corrected chi connectivity index (χ2v) is 16.2. The summed E-state index contributed by atoms with van der Waals surface area (Å²) >= 11 is 0. The maximum atomic E-state index is 12.7. The molecule has 0 saturated carbocycles. The van der Waals surface area contributed by atoms with Crippen LogP contribution in [0.2, 0.25) is 0 Å². The Bertz CT molecular complexity index is 1380. The number of carboxylic acid groups (broad SMARTS) is 1. The van der Waals surface area contributed by atoms with Crippen LogP contribution in [0.1, 0.15) is 155 Å².